The van der Waals surface area contributed by atoms with Gasteiger partial charge in [-0.25, -0.2) is 0 Å². The Labute approximate surface area is 133 Å². The van der Waals surface area contributed by atoms with Crippen molar-refractivity contribution in [1.82, 2.24) is 15.1 Å². The molecule has 2 heterocycles. The number of aromatic amines is 1. The first-order valence-electron chi connectivity index (χ1n) is 7.60. The van der Waals surface area contributed by atoms with Crippen molar-refractivity contribution >= 4 is 11.6 Å². The van der Waals surface area contributed by atoms with Crippen LogP contribution in [0.15, 0.2) is 30.5 Å². The van der Waals surface area contributed by atoms with Crippen LogP contribution in [0.3, 0.4) is 0 Å². The van der Waals surface area contributed by atoms with Crippen molar-refractivity contribution in [2.45, 2.75) is 25.7 Å². The van der Waals surface area contributed by atoms with Gasteiger partial charge in [0.25, 0.3) is 11.6 Å². The highest BCUT2D eigenvalue weighted by atomic mass is 16.6. The van der Waals surface area contributed by atoms with E-state index in [-0.39, 0.29) is 17.5 Å². The van der Waals surface area contributed by atoms with E-state index in [1.165, 1.54) is 12.1 Å². The number of H-pyrrole nitrogens is 1. The molecule has 23 heavy (non-hydrogen) atoms. The zero-order chi connectivity index (χ0) is 16.4. The number of nitrogens with zero attached hydrogens (tertiary/aromatic N) is 3. The van der Waals surface area contributed by atoms with Gasteiger partial charge in [0.15, 0.2) is 0 Å². The average Bonchev–Trinajstić information content (AvgIpc) is 3.08. The number of hydrogen-bond donors (Lipinski definition) is 1. The van der Waals surface area contributed by atoms with Crippen LogP contribution in [-0.4, -0.2) is 39.0 Å². The number of nitro benzene ring substituents is 1. The van der Waals surface area contributed by atoms with Gasteiger partial charge in [0.1, 0.15) is 0 Å². The lowest BCUT2D eigenvalue weighted by atomic mass is 9.94. The van der Waals surface area contributed by atoms with Gasteiger partial charge in [-0.3, -0.25) is 20.0 Å². The van der Waals surface area contributed by atoms with Crippen molar-refractivity contribution in [3.63, 3.8) is 0 Å². The van der Waals surface area contributed by atoms with E-state index in [1.54, 1.807) is 19.2 Å². The molecule has 1 aliphatic rings. The molecule has 0 spiro atoms. The summed E-state index contributed by atoms with van der Waals surface area (Å²) in [6.07, 6.45) is 3.67. The topological polar surface area (TPSA) is 92.1 Å². The maximum absolute atomic E-state index is 12.7. The third-order valence-corrected chi connectivity index (χ3v) is 4.31. The number of aromatic nitrogens is 2. The number of piperidine rings is 1. The molecule has 1 saturated heterocycles. The number of likely N-dealkylation sites (tertiary alicyclic amines) is 1. The number of amides is 1. The number of carbonyl (C=O) groups is 1. The molecule has 1 aromatic heterocycles. The summed E-state index contributed by atoms with van der Waals surface area (Å²) in [6, 6.07) is 6.47. The van der Waals surface area contributed by atoms with Crippen molar-refractivity contribution in [3.05, 3.63) is 57.4 Å². The van der Waals surface area contributed by atoms with Crippen LogP contribution in [0.25, 0.3) is 0 Å². The molecule has 0 unspecified atom stereocenters. The van der Waals surface area contributed by atoms with Crippen LogP contribution in [0.4, 0.5) is 5.69 Å². The lowest BCUT2D eigenvalue weighted by Crippen LogP contribution is -2.39. The Balaban J connectivity index is 1.77. The Morgan fingerprint density at radius 3 is 2.91 bits per heavy atom. The van der Waals surface area contributed by atoms with Gasteiger partial charge in [0.05, 0.1) is 4.92 Å². The van der Waals surface area contributed by atoms with Gasteiger partial charge in [-0.1, -0.05) is 0 Å². The second-order valence-corrected chi connectivity index (χ2v) is 5.86. The van der Waals surface area contributed by atoms with Crippen molar-refractivity contribution in [1.29, 1.82) is 0 Å². The second kappa shape index (κ2) is 6.20. The molecular formula is C16H18N4O3. The summed E-state index contributed by atoms with van der Waals surface area (Å²) < 4.78 is 0. The minimum absolute atomic E-state index is 0.0375. The molecular weight excluding hydrogens is 296 g/mol. The Bertz CT molecular complexity index is 727. The maximum Gasteiger partial charge on any atom is 0.272 e. The van der Waals surface area contributed by atoms with E-state index in [1.807, 2.05) is 11.0 Å². The van der Waals surface area contributed by atoms with E-state index in [9.17, 15) is 14.9 Å². The summed E-state index contributed by atoms with van der Waals surface area (Å²) in [5.74, 6) is 0.182. The maximum atomic E-state index is 12.7. The molecule has 1 amide bonds. The van der Waals surface area contributed by atoms with Crippen molar-refractivity contribution in [2.75, 3.05) is 13.1 Å². The minimum atomic E-state index is -0.432. The fourth-order valence-electron chi connectivity index (χ4n) is 3.09. The smallest absolute Gasteiger partial charge is 0.272 e. The first-order valence-corrected chi connectivity index (χ1v) is 7.60. The van der Waals surface area contributed by atoms with Crippen LogP contribution < -0.4 is 0 Å². The summed E-state index contributed by atoms with van der Waals surface area (Å²) in [6.45, 7) is 3.00. The number of carbonyl (C=O) groups excluding carboxylic acids is 1. The van der Waals surface area contributed by atoms with E-state index >= 15 is 0 Å². The number of nitrogens with one attached hydrogen (secondary N) is 1. The summed E-state index contributed by atoms with van der Waals surface area (Å²) in [5.41, 5.74) is 2.08. The van der Waals surface area contributed by atoms with Gasteiger partial charge in [-0.15, -0.1) is 0 Å². The lowest BCUT2D eigenvalue weighted by molar-refractivity contribution is -0.385. The molecule has 0 bridgehead atoms. The first-order chi connectivity index (χ1) is 11.1. The predicted molar refractivity (Wildman–Crippen MR) is 84.3 cm³/mol. The van der Waals surface area contributed by atoms with Crippen LogP contribution in [0.2, 0.25) is 0 Å². The number of nitro groups is 1. The molecule has 7 heteroatoms. The van der Waals surface area contributed by atoms with E-state index in [0.717, 1.165) is 18.5 Å². The number of aryl methyl sites for hydroxylation is 1. The zero-order valence-electron chi connectivity index (χ0n) is 12.9. The molecule has 1 N–H and O–H groups in total. The zero-order valence-corrected chi connectivity index (χ0v) is 12.9. The second-order valence-electron chi connectivity index (χ2n) is 5.86. The monoisotopic (exact) mass is 314 g/mol. The normalized spacial score (nSPS) is 18.0. The van der Waals surface area contributed by atoms with E-state index in [4.69, 9.17) is 0 Å². The molecule has 1 atom stereocenters. The number of benzene rings is 1. The average molecular weight is 314 g/mol. The molecule has 0 radical (unpaired) electrons. The van der Waals surface area contributed by atoms with E-state index in [2.05, 4.69) is 10.2 Å². The Kier molecular flexibility index (Phi) is 4.10. The largest absolute Gasteiger partial charge is 0.338 e. The Morgan fingerprint density at radius 2 is 2.26 bits per heavy atom. The molecule has 7 nitrogen and oxygen atoms in total. The highest BCUT2D eigenvalue weighted by Gasteiger charge is 2.26. The molecule has 1 aromatic carbocycles. The van der Waals surface area contributed by atoms with Crippen LogP contribution >= 0.6 is 0 Å². The van der Waals surface area contributed by atoms with Crippen LogP contribution in [-0.2, 0) is 0 Å². The van der Waals surface area contributed by atoms with E-state index in [0.29, 0.717) is 24.2 Å². The molecule has 0 aliphatic carbocycles. The number of hydrogen-bond acceptors (Lipinski definition) is 4. The first kappa shape index (κ1) is 15.2. The van der Waals surface area contributed by atoms with Gasteiger partial charge in [0.2, 0.25) is 0 Å². The summed E-state index contributed by atoms with van der Waals surface area (Å²) in [4.78, 5) is 24.9. The third-order valence-electron chi connectivity index (χ3n) is 4.31. The van der Waals surface area contributed by atoms with Gasteiger partial charge in [-0.05, 0) is 38.0 Å². The molecule has 120 valence electrons. The molecule has 1 fully saturated rings. The van der Waals surface area contributed by atoms with Gasteiger partial charge in [0, 0.05) is 48.1 Å². The highest BCUT2D eigenvalue weighted by molar-refractivity contribution is 5.94. The van der Waals surface area contributed by atoms with Gasteiger partial charge in [-0.2, -0.15) is 5.10 Å². The van der Waals surface area contributed by atoms with Crippen LogP contribution in [0.5, 0.6) is 0 Å². The SMILES string of the molecule is Cc1cc(C(=O)N2CCC[C@@H](c3ccn[nH]3)C2)ccc1[N+](=O)[O-]. The van der Waals surface area contributed by atoms with Crippen molar-refractivity contribution in [3.8, 4) is 0 Å². The van der Waals surface area contributed by atoms with Crippen LogP contribution in [0, 0.1) is 17.0 Å². The quantitative estimate of drug-likeness (QED) is 0.696. The van der Waals surface area contributed by atoms with Crippen molar-refractivity contribution < 1.29 is 9.72 Å². The van der Waals surface area contributed by atoms with E-state index < -0.39 is 4.92 Å². The van der Waals surface area contributed by atoms with Gasteiger partial charge >= 0.3 is 0 Å². The summed E-state index contributed by atoms with van der Waals surface area (Å²) >= 11 is 0. The standard InChI is InChI=1S/C16H18N4O3/c1-11-9-12(4-5-15(11)20(22)23)16(21)19-8-2-3-13(10-19)14-6-7-17-18-14/h4-7,9,13H,2-3,8,10H2,1H3,(H,17,18)/t13-/m1/s1. The highest BCUT2D eigenvalue weighted by Crippen LogP contribution is 2.27. The van der Waals surface area contributed by atoms with Crippen LogP contribution in [0.1, 0.15) is 40.4 Å². The molecule has 2 aromatic rings. The molecule has 3 rings (SSSR count). The summed E-state index contributed by atoms with van der Waals surface area (Å²) in [5, 5.41) is 17.8. The molecule has 1 aliphatic heterocycles. The summed E-state index contributed by atoms with van der Waals surface area (Å²) in [7, 11) is 0. The Morgan fingerprint density at radius 1 is 1.43 bits per heavy atom. The third kappa shape index (κ3) is 3.08. The molecule has 0 saturated carbocycles. The predicted octanol–water partition coefficient (Wildman–Crippen LogP) is 2.65. The minimum Gasteiger partial charge on any atom is -0.338 e. The Hall–Kier alpha value is -2.70. The fraction of sp³-hybridized carbons (Fsp3) is 0.375. The van der Waals surface area contributed by atoms with Gasteiger partial charge < -0.3 is 4.90 Å². The van der Waals surface area contributed by atoms with Crippen molar-refractivity contribution in [2.24, 2.45) is 0 Å². The fourth-order valence-corrected chi connectivity index (χ4v) is 3.09. The number of rotatable bonds is 3. The lowest BCUT2D eigenvalue weighted by Gasteiger charge is -2.32.